The summed E-state index contributed by atoms with van der Waals surface area (Å²) >= 11 is 5.79. The summed E-state index contributed by atoms with van der Waals surface area (Å²) in [6.07, 6.45) is 1.55. The first-order valence-corrected chi connectivity index (χ1v) is 7.54. The molecule has 0 saturated heterocycles. The average Bonchev–Trinajstić information content (AvgIpc) is 2.24. The highest BCUT2D eigenvalue weighted by Crippen LogP contribution is 2.11. The lowest BCUT2D eigenvalue weighted by Gasteiger charge is -2.07. The van der Waals surface area contributed by atoms with Crippen LogP contribution in [0.1, 0.15) is 25.3 Å². The number of hydrogen-bond donors (Lipinski definition) is 1. The highest BCUT2D eigenvalue weighted by Gasteiger charge is 2.12. The van der Waals surface area contributed by atoms with Gasteiger partial charge in [-0.1, -0.05) is 12.1 Å². The van der Waals surface area contributed by atoms with Gasteiger partial charge in [0.1, 0.15) is 0 Å². The van der Waals surface area contributed by atoms with E-state index in [4.69, 9.17) is 11.6 Å². The van der Waals surface area contributed by atoms with Crippen molar-refractivity contribution < 1.29 is 8.42 Å². The Bertz CT molecular complexity index is 457. The zero-order valence-corrected chi connectivity index (χ0v) is 11.7. The zero-order chi connectivity index (χ0) is 12.9. The van der Waals surface area contributed by atoms with Crippen molar-refractivity contribution in [2.75, 3.05) is 6.54 Å². The molecule has 0 heterocycles. The molecule has 0 spiro atoms. The lowest BCUT2D eigenvalue weighted by atomic mass is 10.2. The Morgan fingerprint density at radius 1 is 1.41 bits per heavy atom. The summed E-state index contributed by atoms with van der Waals surface area (Å²) in [5.74, 6) is 0. The average molecular weight is 276 g/mol. The fraction of sp³-hybridized carbons (Fsp3) is 0.500. The zero-order valence-electron chi connectivity index (χ0n) is 10.1. The number of sulfonamides is 1. The molecule has 0 saturated carbocycles. The van der Waals surface area contributed by atoms with E-state index in [1.165, 1.54) is 0 Å². The summed E-state index contributed by atoms with van der Waals surface area (Å²) in [5, 5.41) is 0.0819. The van der Waals surface area contributed by atoms with Crippen molar-refractivity contribution in [3.8, 4) is 0 Å². The summed E-state index contributed by atoms with van der Waals surface area (Å²) in [4.78, 5) is 0.316. The molecule has 1 N–H and O–H groups in total. The van der Waals surface area contributed by atoms with Gasteiger partial charge in [0.2, 0.25) is 10.0 Å². The molecule has 1 aromatic carbocycles. The van der Waals surface area contributed by atoms with Crippen molar-refractivity contribution in [3.05, 3.63) is 29.8 Å². The molecule has 17 heavy (non-hydrogen) atoms. The molecule has 1 aromatic rings. The quantitative estimate of drug-likeness (QED) is 0.641. The van der Waals surface area contributed by atoms with Crippen LogP contribution in [0.2, 0.25) is 0 Å². The number of alkyl halides is 1. The number of benzene rings is 1. The number of aryl methyl sites for hydroxylation is 1. The predicted octanol–water partition coefficient (Wildman–Crippen LogP) is 2.68. The molecule has 1 unspecified atom stereocenters. The van der Waals surface area contributed by atoms with Crippen molar-refractivity contribution in [1.29, 1.82) is 0 Å². The summed E-state index contributed by atoms with van der Waals surface area (Å²) in [7, 11) is -3.37. The van der Waals surface area contributed by atoms with E-state index >= 15 is 0 Å². The van der Waals surface area contributed by atoms with Crippen LogP contribution in [0.4, 0.5) is 0 Å². The lowest BCUT2D eigenvalue weighted by Crippen LogP contribution is -2.25. The van der Waals surface area contributed by atoms with E-state index in [0.717, 1.165) is 18.4 Å². The molecule has 1 atom stereocenters. The fourth-order valence-corrected chi connectivity index (χ4v) is 2.79. The standard InChI is InChI=1S/C12H18ClNO2S/c1-10-5-3-7-12(9-10)17(15,16)14-8-4-6-11(2)13/h3,5,7,9,11,14H,4,6,8H2,1-2H3. The van der Waals surface area contributed by atoms with Crippen LogP contribution in [0.15, 0.2) is 29.2 Å². The van der Waals surface area contributed by atoms with E-state index in [1.807, 2.05) is 19.9 Å². The minimum Gasteiger partial charge on any atom is -0.211 e. The summed E-state index contributed by atoms with van der Waals surface area (Å²) in [5.41, 5.74) is 0.933. The Labute approximate surface area is 108 Å². The van der Waals surface area contributed by atoms with Crippen LogP contribution >= 0.6 is 11.6 Å². The second kappa shape index (κ2) is 6.38. The molecule has 1 rings (SSSR count). The van der Waals surface area contributed by atoms with Gasteiger partial charge in [-0.05, 0) is 44.4 Å². The molecule has 0 aliphatic rings. The molecule has 0 radical (unpaired) electrons. The Kier molecular flexibility index (Phi) is 5.43. The Balaban J connectivity index is 2.57. The summed E-state index contributed by atoms with van der Waals surface area (Å²) in [6, 6.07) is 6.87. The third kappa shape index (κ3) is 5.06. The van der Waals surface area contributed by atoms with Gasteiger partial charge >= 0.3 is 0 Å². The second-order valence-corrected chi connectivity index (χ2v) is 6.65. The van der Waals surface area contributed by atoms with Crippen LogP contribution in [0.5, 0.6) is 0 Å². The second-order valence-electron chi connectivity index (χ2n) is 4.14. The van der Waals surface area contributed by atoms with E-state index in [-0.39, 0.29) is 5.38 Å². The third-order valence-electron chi connectivity index (χ3n) is 2.37. The Hall–Kier alpha value is -0.580. The molecular weight excluding hydrogens is 258 g/mol. The first-order chi connectivity index (χ1) is 7.92. The number of rotatable bonds is 6. The highest BCUT2D eigenvalue weighted by molar-refractivity contribution is 7.89. The smallest absolute Gasteiger partial charge is 0.211 e. The van der Waals surface area contributed by atoms with Crippen LogP contribution in [0, 0.1) is 6.92 Å². The van der Waals surface area contributed by atoms with Crippen molar-refractivity contribution in [3.63, 3.8) is 0 Å². The monoisotopic (exact) mass is 275 g/mol. The number of nitrogens with one attached hydrogen (secondary N) is 1. The van der Waals surface area contributed by atoms with Gasteiger partial charge in [-0.15, -0.1) is 11.6 Å². The highest BCUT2D eigenvalue weighted by atomic mass is 35.5. The van der Waals surface area contributed by atoms with Crippen LogP contribution < -0.4 is 4.72 Å². The van der Waals surface area contributed by atoms with Crippen LogP contribution in [0.3, 0.4) is 0 Å². The summed E-state index contributed by atoms with van der Waals surface area (Å²) < 4.78 is 26.3. The molecule has 96 valence electrons. The molecular formula is C12H18ClNO2S. The largest absolute Gasteiger partial charge is 0.240 e. The minimum atomic E-state index is -3.37. The first-order valence-electron chi connectivity index (χ1n) is 5.62. The van der Waals surface area contributed by atoms with Gasteiger partial charge in [-0.25, -0.2) is 13.1 Å². The van der Waals surface area contributed by atoms with Gasteiger partial charge in [-0.3, -0.25) is 0 Å². The Morgan fingerprint density at radius 3 is 2.71 bits per heavy atom. The minimum absolute atomic E-state index is 0.0819. The first kappa shape index (κ1) is 14.5. The molecule has 0 bridgehead atoms. The number of halogens is 1. The van der Waals surface area contributed by atoms with Crippen LogP contribution in [-0.2, 0) is 10.0 Å². The van der Waals surface area contributed by atoms with Gasteiger partial charge in [0, 0.05) is 11.9 Å². The summed E-state index contributed by atoms with van der Waals surface area (Å²) in [6.45, 7) is 4.19. The van der Waals surface area contributed by atoms with Crippen molar-refractivity contribution in [2.24, 2.45) is 0 Å². The normalized spacial score (nSPS) is 13.6. The van der Waals surface area contributed by atoms with Crippen LogP contribution in [0.25, 0.3) is 0 Å². The third-order valence-corrected chi connectivity index (χ3v) is 4.05. The predicted molar refractivity (Wildman–Crippen MR) is 70.9 cm³/mol. The maximum absolute atomic E-state index is 11.9. The SMILES string of the molecule is Cc1cccc(S(=O)(=O)NCCCC(C)Cl)c1. The van der Waals surface area contributed by atoms with Crippen molar-refractivity contribution in [1.82, 2.24) is 4.72 Å². The van der Waals surface area contributed by atoms with Crippen molar-refractivity contribution in [2.45, 2.75) is 37.0 Å². The van der Waals surface area contributed by atoms with E-state index in [2.05, 4.69) is 4.72 Å². The molecule has 0 aliphatic carbocycles. The molecule has 0 aromatic heterocycles. The maximum Gasteiger partial charge on any atom is 0.240 e. The molecule has 5 heteroatoms. The van der Waals surface area contributed by atoms with Gasteiger partial charge in [0.25, 0.3) is 0 Å². The maximum atomic E-state index is 11.9. The van der Waals surface area contributed by atoms with E-state index in [0.29, 0.717) is 11.4 Å². The van der Waals surface area contributed by atoms with Crippen LogP contribution in [-0.4, -0.2) is 20.3 Å². The molecule has 0 fully saturated rings. The van der Waals surface area contributed by atoms with Gasteiger partial charge in [0.15, 0.2) is 0 Å². The number of hydrogen-bond acceptors (Lipinski definition) is 2. The lowest BCUT2D eigenvalue weighted by molar-refractivity contribution is 0.576. The van der Waals surface area contributed by atoms with E-state index in [9.17, 15) is 8.42 Å². The molecule has 3 nitrogen and oxygen atoms in total. The Morgan fingerprint density at radius 2 is 2.12 bits per heavy atom. The van der Waals surface area contributed by atoms with E-state index in [1.54, 1.807) is 18.2 Å². The van der Waals surface area contributed by atoms with E-state index < -0.39 is 10.0 Å². The molecule has 0 amide bonds. The molecule has 0 aliphatic heterocycles. The van der Waals surface area contributed by atoms with Gasteiger partial charge in [-0.2, -0.15) is 0 Å². The topological polar surface area (TPSA) is 46.2 Å². The van der Waals surface area contributed by atoms with Crippen molar-refractivity contribution >= 4 is 21.6 Å². The fourth-order valence-electron chi connectivity index (χ4n) is 1.46. The van der Waals surface area contributed by atoms with Gasteiger partial charge in [0.05, 0.1) is 4.90 Å². The van der Waals surface area contributed by atoms with Gasteiger partial charge < -0.3 is 0 Å².